The van der Waals surface area contributed by atoms with E-state index in [4.69, 9.17) is 4.74 Å². The number of aliphatic imine (C=N–C) groups is 1. The summed E-state index contributed by atoms with van der Waals surface area (Å²) in [6, 6.07) is 6.21. The topological polar surface area (TPSA) is 49.8 Å². The summed E-state index contributed by atoms with van der Waals surface area (Å²) in [5.41, 5.74) is 0.0203. The van der Waals surface area contributed by atoms with E-state index in [9.17, 15) is 17.6 Å². The fourth-order valence-corrected chi connectivity index (χ4v) is 3.96. The molecule has 2 heterocycles. The van der Waals surface area contributed by atoms with Crippen molar-refractivity contribution in [1.82, 2.24) is 15.2 Å². The highest BCUT2D eigenvalue weighted by Crippen LogP contribution is 2.30. The van der Waals surface area contributed by atoms with Crippen LogP contribution in [-0.2, 0) is 17.3 Å². The number of ether oxygens (including phenoxy) is 1. The van der Waals surface area contributed by atoms with Crippen molar-refractivity contribution in [3.8, 4) is 0 Å². The van der Waals surface area contributed by atoms with Crippen LogP contribution < -0.4 is 5.32 Å². The van der Waals surface area contributed by atoms with Crippen LogP contribution in [0.1, 0.15) is 29.3 Å². The van der Waals surface area contributed by atoms with Crippen molar-refractivity contribution in [1.29, 1.82) is 0 Å². The monoisotopic (exact) mass is 430 g/mol. The van der Waals surface area contributed by atoms with E-state index in [-0.39, 0.29) is 18.0 Å². The maximum Gasteiger partial charge on any atom is 0.434 e. The summed E-state index contributed by atoms with van der Waals surface area (Å²) in [5.74, 6) is 0.336. The Morgan fingerprint density at radius 1 is 1.31 bits per heavy atom. The number of halogens is 4. The molecule has 0 radical (unpaired) electrons. The molecule has 0 amide bonds. The highest BCUT2D eigenvalue weighted by atomic mass is 32.1. The van der Waals surface area contributed by atoms with E-state index in [0.29, 0.717) is 37.0 Å². The van der Waals surface area contributed by atoms with Gasteiger partial charge in [0.15, 0.2) is 11.7 Å². The van der Waals surface area contributed by atoms with Crippen molar-refractivity contribution in [2.45, 2.75) is 31.7 Å². The molecule has 5 nitrogen and oxygen atoms in total. The lowest BCUT2D eigenvalue weighted by molar-refractivity contribution is -0.140. The van der Waals surface area contributed by atoms with Gasteiger partial charge in [-0.2, -0.15) is 13.2 Å². The number of aromatic nitrogens is 1. The van der Waals surface area contributed by atoms with Gasteiger partial charge in [0, 0.05) is 31.9 Å². The molecule has 1 fully saturated rings. The van der Waals surface area contributed by atoms with Gasteiger partial charge in [0.1, 0.15) is 11.9 Å². The van der Waals surface area contributed by atoms with Crippen LogP contribution in [0.5, 0.6) is 0 Å². The van der Waals surface area contributed by atoms with Gasteiger partial charge in [-0.1, -0.05) is 12.1 Å². The molecular weight excluding hydrogens is 408 g/mol. The average Bonchev–Trinajstić information content (AvgIpc) is 3.15. The second kappa shape index (κ2) is 9.08. The largest absolute Gasteiger partial charge is 0.434 e. The van der Waals surface area contributed by atoms with Crippen LogP contribution in [-0.4, -0.2) is 48.6 Å². The molecule has 3 rings (SSSR count). The van der Waals surface area contributed by atoms with Gasteiger partial charge in [0.05, 0.1) is 17.7 Å². The number of morpholine rings is 1. The van der Waals surface area contributed by atoms with E-state index in [0.717, 1.165) is 22.3 Å². The number of hydrogen-bond acceptors (Lipinski definition) is 4. The Balaban J connectivity index is 1.58. The quantitative estimate of drug-likeness (QED) is 0.454. The highest BCUT2D eigenvalue weighted by Gasteiger charge is 2.33. The first-order valence-electron chi connectivity index (χ1n) is 9.14. The van der Waals surface area contributed by atoms with Crippen molar-refractivity contribution >= 4 is 17.3 Å². The smallest absolute Gasteiger partial charge is 0.367 e. The fraction of sp³-hybridized carbons (Fsp3) is 0.474. The third-order valence-electron chi connectivity index (χ3n) is 4.48. The Labute approximate surface area is 170 Å². The summed E-state index contributed by atoms with van der Waals surface area (Å²) < 4.78 is 57.1. The number of guanidine groups is 1. The molecule has 1 aliphatic heterocycles. The Hall–Kier alpha value is -2.20. The minimum absolute atomic E-state index is 0.0642. The summed E-state index contributed by atoms with van der Waals surface area (Å²) in [4.78, 5) is 9.95. The van der Waals surface area contributed by atoms with Gasteiger partial charge >= 0.3 is 6.18 Å². The average molecular weight is 430 g/mol. The standard InChI is InChI=1S/C19H22F4N4OS/c1-12-9-27(10-15(28-12)13-3-5-14(20)6-4-13)18(24-2)25-8-7-17-26-16(11-29-17)19(21,22)23/h3-6,11-12,15H,7-10H2,1-2H3,(H,24,25). The second-order valence-electron chi connectivity index (χ2n) is 6.74. The zero-order valence-electron chi connectivity index (χ0n) is 16.0. The normalized spacial score (nSPS) is 20.8. The first-order chi connectivity index (χ1) is 13.8. The van der Waals surface area contributed by atoms with Crippen molar-refractivity contribution in [3.63, 3.8) is 0 Å². The molecule has 1 aromatic heterocycles. The van der Waals surface area contributed by atoms with Gasteiger partial charge in [0.2, 0.25) is 0 Å². The lowest BCUT2D eigenvalue weighted by Crippen LogP contribution is -2.51. The van der Waals surface area contributed by atoms with Crippen molar-refractivity contribution in [3.05, 3.63) is 51.7 Å². The number of hydrogen-bond donors (Lipinski definition) is 1. The lowest BCUT2D eigenvalue weighted by atomic mass is 10.1. The van der Waals surface area contributed by atoms with Crippen molar-refractivity contribution in [2.24, 2.45) is 4.99 Å². The number of thiazole rings is 1. The molecule has 0 saturated carbocycles. The Kier molecular flexibility index (Phi) is 6.74. The molecule has 29 heavy (non-hydrogen) atoms. The van der Waals surface area contributed by atoms with Gasteiger partial charge in [-0.05, 0) is 24.6 Å². The van der Waals surface area contributed by atoms with Crippen LogP contribution >= 0.6 is 11.3 Å². The number of nitrogens with zero attached hydrogens (tertiary/aromatic N) is 3. The molecule has 0 bridgehead atoms. The summed E-state index contributed by atoms with van der Waals surface area (Å²) in [7, 11) is 1.65. The number of nitrogens with one attached hydrogen (secondary N) is 1. The molecule has 1 saturated heterocycles. The summed E-state index contributed by atoms with van der Waals surface area (Å²) in [5, 5.41) is 4.63. The molecule has 2 atom stereocenters. The van der Waals surface area contributed by atoms with Crippen LogP contribution in [0, 0.1) is 5.82 Å². The zero-order valence-corrected chi connectivity index (χ0v) is 16.9. The molecule has 0 aliphatic carbocycles. The zero-order chi connectivity index (χ0) is 21.0. The van der Waals surface area contributed by atoms with Gasteiger partial charge in [-0.3, -0.25) is 4.99 Å². The van der Waals surface area contributed by atoms with Crippen LogP contribution in [0.3, 0.4) is 0 Å². The Morgan fingerprint density at radius 2 is 2.03 bits per heavy atom. The maximum absolute atomic E-state index is 13.2. The van der Waals surface area contributed by atoms with Crippen LogP contribution in [0.2, 0.25) is 0 Å². The minimum Gasteiger partial charge on any atom is -0.367 e. The second-order valence-corrected chi connectivity index (χ2v) is 7.68. The minimum atomic E-state index is -4.42. The third-order valence-corrected chi connectivity index (χ3v) is 5.39. The lowest BCUT2D eigenvalue weighted by Gasteiger charge is -2.38. The summed E-state index contributed by atoms with van der Waals surface area (Å²) in [6.45, 7) is 3.51. The Morgan fingerprint density at radius 3 is 2.66 bits per heavy atom. The highest BCUT2D eigenvalue weighted by molar-refractivity contribution is 7.09. The van der Waals surface area contributed by atoms with Gasteiger partial charge in [-0.25, -0.2) is 9.37 Å². The first kappa shape index (κ1) is 21.5. The summed E-state index contributed by atoms with van der Waals surface area (Å²) in [6.07, 6.45) is -4.35. The molecular formula is C19H22F4N4OS. The van der Waals surface area contributed by atoms with Gasteiger partial charge < -0.3 is 15.0 Å². The van der Waals surface area contributed by atoms with Crippen LogP contribution in [0.4, 0.5) is 17.6 Å². The van der Waals surface area contributed by atoms with E-state index in [2.05, 4.69) is 15.3 Å². The van der Waals surface area contributed by atoms with Crippen LogP contribution in [0.25, 0.3) is 0 Å². The van der Waals surface area contributed by atoms with Crippen molar-refractivity contribution in [2.75, 3.05) is 26.7 Å². The van der Waals surface area contributed by atoms with E-state index < -0.39 is 11.9 Å². The number of rotatable bonds is 4. The predicted molar refractivity (Wildman–Crippen MR) is 103 cm³/mol. The van der Waals surface area contributed by atoms with Crippen LogP contribution in [0.15, 0.2) is 34.6 Å². The fourth-order valence-electron chi connectivity index (χ4n) is 3.16. The molecule has 10 heteroatoms. The molecule has 1 aliphatic rings. The number of benzene rings is 1. The maximum atomic E-state index is 13.2. The predicted octanol–water partition coefficient (Wildman–Crippen LogP) is 3.88. The van der Waals surface area contributed by atoms with E-state index in [1.54, 1.807) is 19.2 Å². The molecule has 2 aromatic rings. The molecule has 2 unspecified atom stereocenters. The van der Waals surface area contributed by atoms with E-state index in [1.807, 2.05) is 11.8 Å². The van der Waals surface area contributed by atoms with E-state index in [1.165, 1.54) is 12.1 Å². The van der Waals surface area contributed by atoms with Gasteiger partial charge in [-0.15, -0.1) is 11.3 Å². The Bertz CT molecular complexity index is 837. The first-order valence-corrected chi connectivity index (χ1v) is 10.0. The molecule has 158 valence electrons. The molecule has 0 spiro atoms. The molecule has 1 N–H and O–H groups in total. The SMILES string of the molecule is CN=C(NCCc1nc(C(F)(F)F)cs1)N1CC(C)OC(c2ccc(F)cc2)C1. The van der Waals surface area contributed by atoms with Gasteiger partial charge in [0.25, 0.3) is 0 Å². The number of alkyl halides is 3. The van der Waals surface area contributed by atoms with E-state index >= 15 is 0 Å². The summed E-state index contributed by atoms with van der Waals surface area (Å²) >= 11 is 0.995. The van der Waals surface area contributed by atoms with Crippen molar-refractivity contribution < 1.29 is 22.3 Å². The molecule has 1 aromatic carbocycles. The third kappa shape index (κ3) is 5.66.